The normalized spacial score (nSPS) is 12.0. The zero-order valence-corrected chi connectivity index (χ0v) is 12.5. The van der Waals surface area contributed by atoms with Gasteiger partial charge in [0.05, 0.1) is 6.10 Å². The Morgan fingerprint density at radius 1 is 1.10 bits per heavy atom. The van der Waals surface area contributed by atoms with Crippen LogP contribution in [0.2, 0.25) is 5.02 Å². The van der Waals surface area contributed by atoms with Gasteiger partial charge in [0.25, 0.3) is 0 Å². The van der Waals surface area contributed by atoms with Gasteiger partial charge in [-0.3, -0.25) is 4.79 Å². The molecule has 0 saturated carbocycles. The Balaban J connectivity index is 2.04. The molecule has 0 spiro atoms. The van der Waals surface area contributed by atoms with Crippen LogP contribution in [-0.2, 0) is 0 Å². The van der Waals surface area contributed by atoms with Crippen molar-refractivity contribution in [3.05, 3.63) is 64.7 Å². The van der Waals surface area contributed by atoms with Gasteiger partial charge in [0.2, 0.25) is 0 Å². The molecule has 0 aliphatic carbocycles. The topological polar surface area (TPSA) is 46.5 Å². The third kappa shape index (κ3) is 4.31. The first-order chi connectivity index (χ1) is 10.1. The number of halogens is 1. The largest absolute Gasteiger partial charge is 0.491 e. The monoisotopic (exact) mass is 304 g/mol. The molecular formula is C17H17ClO3. The predicted molar refractivity (Wildman–Crippen MR) is 83.1 cm³/mol. The van der Waals surface area contributed by atoms with Crippen molar-refractivity contribution in [3.63, 3.8) is 0 Å². The Morgan fingerprint density at radius 2 is 1.62 bits per heavy atom. The fraction of sp³-hybridized carbons (Fsp3) is 0.235. The lowest BCUT2D eigenvalue weighted by Gasteiger charge is -2.10. The highest BCUT2D eigenvalue weighted by Gasteiger charge is 2.09. The Labute approximate surface area is 129 Å². The number of carbonyl (C=O) groups excluding carboxylic acids is 1. The Bertz CT molecular complexity index is 590. The van der Waals surface area contributed by atoms with E-state index in [1.165, 1.54) is 0 Å². The summed E-state index contributed by atoms with van der Waals surface area (Å²) in [7, 11) is 0. The van der Waals surface area contributed by atoms with Gasteiger partial charge in [-0.1, -0.05) is 18.5 Å². The molecule has 2 aromatic rings. The van der Waals surface area contributed by atoms with Gasteiger partial charge < -0.3 is 9.84 Å². The van der Waals surface area contributed by atoms with Crippen LogP contribution in [0.1, 0.15) is 29.3 Å². The fourth-order valence-electron chi connectivity index (χ4n) is 1.78. The quantitative estimate of drug-likeness (QED) is 0.827. The number of benzene rings is 2. The van der Waals surface area contributed by atoms with Crippen LogP contribution in [0, 0.1) is 0 Å². The molecule has 2 aromatic carbocycles. The highest BCUT2D eigenvalue weighted by Crippen LogP contribution is 2.17. The molecule has 110 valence electrons. The van der Waals surface area contributed by atoms with Gasteiger partial charge in [-0.15, -0.1) is 0 Å². The molecule has 3 nitrogen and oxygen atoms in total. The summed E-state index contributed by atoms with van der Waals surface area (Å²) in [5.41, 5.74) is 1.18. The van der Waals surface area contributed by atoms with Gasteiger partial charge in [0, 0.05) is 16.1 Å². The van der Waals surface area contributed by atoms with E-state index in [4.69, 9.17) is 16.3 Å². The first kappa shape index (κ1) is 15.5. The van der Waals surface area contributed by atoms with E-state index in [0.717, 1.165) is 0 Å². The van der Waals surface area contributed by atoms with E-state index in [-0.39, 0.29) is 12.4 Å². The third-order valence-corrected chi connectivity index (χ3v) is 3.39. The van der Waals surface area contributed by atoms with E-state index in [0.29, 0.717) is 28.3 Å². The Morgan fingerprint density at radius 3 is 2.14 bits per heavy atom. The molecule has 0 amide bonds. The van der Waals surface area contributed by atoms with Crippen LogP contribution in [0.3, 0.4) is 0 Å². The second-order valence-corrected chi connectivity index (χ2v) is 5.17. The van der Waals surface area contributed by atoms with E-state index in [1.54, 1.807) is 48.5 Å². The number of rotatable bonds is 6. The van der Waals surface area contributed by atoms with Crippen molar-refractivity contribution < 1.29 is 14.6 Å². The number of ether oxygens (including phenoxy) is 1. The number of hydrogen-bond acceptors (Lipinski definition) is 3. The van der Waals surface area contributed by atoms with Crippen molar-refractivity contribution in [3.8, 4) is 5.75 Å². The predicted octanol–water partition coefficient (Wildman–Crippen LogP) is 3.72. The summed E-state index contributed by atoms with van der Waals surface area (Å²) in [6.45, 7) is 2.14. The number of aliphatic hydroxyl groups is 1. The fourth-order valence-corrected chi connectivity index (χ4v) is 1.91. The van der Waals surface area contributed by atoms with Crippen molar-refractivity contribution in [1.82, 2.24) is 0 Å². The van der Waals surface area contributed by atoms with Crippen LogP contribution in [-0.4, -0.2) is 23.6 Å². The van der Waals surface area contributed by atoms with Crippen LogP contribution >= 0.6 is 11.6 Å². The van der Waals surface area contributed by atoms with Crippen molar-refractivity contribution in [1.29, 1.82) is 0 Å². The van der Waals surface area contributed by atoms with E-state index >= 15 is 0 Å². The first-order valence-electron chi connectivity index (χ1n) is 6.81. The van der Waals surface area contributed by atoms with Crippen LogP contribution in [0.15, 0.2) is 48.5 Å². The Hall–Kier alpha value is -1.84. The minimum atomic E-state index is -0.472. The Kier molecular flexibility index (Phi) is 5.37. The van der Waals surface area contributed by atoms with Gasteiger partial charge in [0.15, 0.2) is 5.78 Å². The number of aliphatic hydroxyl groups excluding tert-OH is 1. The highest BCUT2D eigenvalue weighted by molar-refractivity contribution is 6.30. The summed E-state index contributed by atoms with van der Waals surface area (Å²) in [6.07, 6.45) is 0.174. The van der Waals surface area contributed by atoms with Crippen LogP contribution < -0.4 is 4.74 Å². The third-order valence-electron chi connectivity index (χ3n) is 3.14. The summed E-state index contributed by atoms with van der Waals surface area (Å²) >= 11 is 5.81. The van der Waals surface area contributed by atoms with E-state index in [1.807, 2.05) is 6.92 Å². The molecule has 1 unspecified atom stereocenters. The summed E-state index contributed by atoms with van der Waals surface area (Å²) in [5.74, 6) is 0.571. The molecule has 0 saturated heterocycles. The smallest absolute Gasteiger partial charge is 0.193 e. The minimum Gasteiger partial charge on any atom is -0.491 e. The molecule has 21 heavy (non-hydrogen) atoms. The average molecular weight is 305 g/mol. The maximum absolute atomic E-state index is 12.3. The molecule has 0 bridgehead atoms. The molecule has 1 atom stereocenters. The maximum Gasteiger partial charge on any atom is 0.193 e. The average Bonchev–Trinajstić information content (AvgIpc) is 2.53. The molecule has 0 heterocycles. The van der Waals surface area contributed by atoms with Crippen LogP contribution in [0.5, 0.6) is 5.75 Å². The number of carbonyl (C=O) groups is 1. The van der Waals surface area contributed by atoms with Crippen LogP contribution in [0.25, 0.3) is 0 Å². The van der Waals surface area contributed by atoms with E-state index < -0.39 is 6.10 Å². The molecule has 0 aliphatic rings. The first-order valence-corrected chi connectivity index (χ1v) is 7.19. The maximum atomic E-state index is 12.3. The summed E-state index contributed by atoms with van der Waals surface area (Å²) < 4.78 is 5.44. The van der Waals surface area contributed by atoms with Crippen molar-refractivity contribution in [2.45, 2.75) is 19.4 Å². The van der Waals surface area contributed by atoms with Gasteiger partial charge in [-0.05, 0) is 55.0 Å². The molecule has 0 aliphatic heterocycles. The van der Waals surface area contributed by atoms with Crippen LogP contribution in [0.4, 0.5) is 0 Å². The van der Waals surface area contributed by atoms with E-state index in [9.17, 15) is 9.90 Å². The standard InChI is InChI=1S/C17H17ClO3/c1-2-15(19)11-21-16-9-5-13(6-10-16)17(20)12-3-7-14(18)8-4-12/h3-10,15,19H,2,11H2,1H3. The van der Waals surface area contributed by atoms with Crippen molar-refractivity contribution in [2.24, 2.45) is 0 Å². The molecule has 0 radical (unpaired) electrons. The van der Waals surface area contributed by atoms with Gasteiger partial charge in [0.1, 0.15) is 12.4 Å². The zero-order valence-electron chi connectivity index (χ0n) is 11.8. The lowest BCUT2D eigenvalue weighted by molar-refractivity contribution is 0.103. The second-order valence-electron chi connectivity index (χ2n) is 4.73. The molecule has 0 aromatic heterocycles. The van der Waals surface area contributed by atoms with Gasteiger partial charge in [-0.2, -0.15) is 0 Å². The summed E-state index contributed by atoms with van der Waals surface area (Å²) in [4.78, 5) is 12.3. The second kappa shape index (κ2) is 7.25. The van der Waals surface area contributed by atoms with Gasteiger partial charge >= 0.3 is 0 Å². The summed E-state index contributed by atoms with van der Waals surface area (Å²) in [5, 5.41) is 10.0. The zero-order chi connectivity index (χ0) is 15.2. The SMILES string of the molecule is CCC(O)COc1ccc(C(=O)c2ccc(Cl)cc2)cc1. The lowest BCUT2D eigenvalue weighted by atomic mass is 10.0. The van der Waals surface area contributed by atoms with Crippen molar-refractivity contribution >= 4 is 17.4 Å². The van der Waals surface area contributed by atoms with Gasteiger partial charge in [-0.25, -0.2) is 0 Å². The molecular weight excluding hydrogens is 288 g/mol. The lowest BCUT2D eigenvalue weighted by Crippen LogP contribution is -2.16. The molecule has 4 heteroatoms. The number of ketones is 1. The summed E-state index contributed by atoms with van der Waals surface area (Å²) in [6, 6.07) is 13.7. The van der Waals surface area contributed by atoms with E-state index in [2.05, 4.69) is 0 Å². The number of hydrogen-bond donors (Lipinski definition) is 1. The minimum absolute atomic E-state index is 0.0631. The van der Waals surface area contributed by atoms with Crippen molar-refractivity contribution in [2.75, 3.05) is 6.61 Å². The molecule has 1 N–H and O–H groups in total. The molecule has 0 fully saturated rings. The molecule has 2 rings (SSSR count). The highest BCUT2D eigenvalue weighted by atomic mass is 35.5.